The van der Waals surface area contributed by atoms with Crippen LogP contribution in [0.15, 0.2) is 54.0 Å². The molecule has 2 aliphatic heterocycles. The predicted molar refractivity (Wildman–Crippen MR) is 147 cm³/mol. The van der Waals surface area contributed by atoms with Gasteiger partial charge in [-0.05, 0) is 60.9 Å². The van der Waals surface area contributed by atoms with Gasteiger partial charge < -0.3 is 23.8 Å². The number of allylic oxidation sites excluding steroid dienone is 1. The van der Waals surface area contributed by atoms with E-state index in [1.807, 2.05) is 55.8 Å². The minimum Gasteiger partial charge on any atom is -0.497 e. The molecular formula is C28H37N3O6S. The van der Waals surface area contributed by atoms with Crippen LogP contribution in [0.5, 0.6) is 11.5 Å². The lowest BCUT2D eigenvalue weighted by atomic mass is 9.89. The lowest BCUT2D eigenvalue weighted by Crippen LogP contribution is -2.52. The molecule has 0 bridgehead atoms. The number of hydrogen-bond acceptors (Lipinski definition) is 8. The Labute approximate surface area is 229 Å². The maximum absolute atomic E-state index is 13.9. The first-order valence-electron chi connectivity index (χ1n) is 12.5. The Morgan fingerprint density at radius 2 is 1.71 bits per heavy atom. The normalized spacial score (nSPS) is 25.2. The summed E-state index contributed by atoms with van der Waals surface area (Å²) in [6, 6.07) is 5.51. The van der Waals surface area contributed by atoms with E-state index in [4.69, 9.17) is 18.9 Å². The molecule has 1 aromatic rings. The van der Waals surface area contributed by atoms with Crippen LogP contribution in [0.3, 0.4) is 0 Å². The lowest BCUT2D eigenvalue weighted by molar-refractivity contribution is -0.131. The summed E-state index contributed by atoms with van der Waals surface area (Å²) in [4.78, 5) is 32.7. The van der Waals surface area contributed by atoms with Crippen LogP contribution in [0.4, 0.5) is 4.79 Å². The summed E-state index contributed by atoms with van der Waals surface area (Å²) in [5.41, 5.74) is 0.379. The maximum Gasteiger partial charge on any atom is 0.328 e. The molecule has 9 nitrogen and oxygen atoms in total. The van der Waals surface area contributed by atoms with Crippen LogP contribution < -0.4 is 9.47 Å². The molecule has 2 heterocycles. The molecule has 4 rings (SSSR count). The maximum atomic E-state index is 13.9. The molecule has 38 heavy (non-hydrogen) atoms. The van der Waals surface area contributed by atoms with Crippen LogP contribution in [0.1, 0.15) is 25.3 Å². The van der Waals surface area contributed by atoms with Gasteiger partial charge in [-0.25, -0.2) is 4.79 Å². The zero-order valence-corrected chi connectivity index (χ0v) is 23.8. The van der Waals surface area contributed by atoms with Crippen molar-refractivity contribution in [2.75, 3.05) is 53.7 Å². The predicted octanol–water partition coefficient (Wildman–Crippen LogP) is 4.01. The van der Waals surface area contributed by atoms with Gasteiger partial charge in [0.2, 0.25) is 0 Å². The number of imide groups is 1. The van der Waals surface area contributed by atoms with Gasteiger partial charge in [0.05, 0.1) is 39.4 Å². The van der Waals surface area contributed by atoms with E-state index in [1.54, 1.807) is 33.3 Å². The second kappa shape index (κ2) is 11.3. The van der Waals surface area contributed by atoms with Gasteiger partial charge in [0, 0.05) is 39.1 Å². The van der Waals surface area contributed by atoms with Crippen molar-refractivity contribution in [1.29, 1.82) is 0 Å². The number of methoxy groups -OCH3 is 4. The molecular weight excluding hydrogens is 506 g/mol. The van der Waals surface area contributed by atoms with Crippen molar-refractivity contribution in [1.82, 2.24) is 14.7 Å². The molecule has 0 N–H and O–H groups in total. The number of rotatable bonds is 10. The molecule has 1 aromatic carbocycles. The fourth-order valence-corrected chi connectivity index (χ4v) is 5.87. The van der Waals surface area contributed by atoms with Crippen LogP contribution in [0.2, 0.25) is 0 Å². The number of amides is 3. The fourth-order valence-electron chi connectivity index (χ4n) is 5.27. The van der Waals surface area contributed by atoms with E-state index in [0.29, 0.717) is 37.6 Å². The third kappa shape index (κ3) is 5.37. The second-order valence-corrected chi connectivity index (χ2v) is 10.8. The van der Waals surface area contributed by atoms with Crippen LogP contribution >= 0.6 is 11.8 Å². The Hall–Kier alpha value is -3.11. The molecule has 3 aliphatic rings. The topological polar surface area (TPSA) is 80.8 Å². The number of nitrogens with zero attached hydrogens (tertiary/aromatic N) is 3. The molecule has 1 aliphatic carbocycles. The van der Waals surface area contributed by atoms with Gasteiger partial charge in [0.1, 0.15) is 22.8 Å². The molecule has 10 heteroatoms. The number of hydrogen-bond donors (Lipinski definition) is 0. The number of thioether (sulfide) groups is 1. The van der Waals surface area contributed by atoms with Gasteiger partial charge in [0.15, 0.2) is 0 Å². The van der Waals surface area contributed by atoms with Crippen molar-refractivity contribution in [3.8, 4) is 11.5 Å². The Morgan fingerprint density at radius 3 is 2.26 bits per heavy atom. The summed E-state index contributed by atoms with van der Waals surface area (Å²) in [5, 5.41) is 0. The highest BCUT2D eigenvalue weighted by Crippen LogP contribution is 2.38. The van der Waals surface area contributed by atoms with Crippen molar-refractivity contribution in [3.63, 3.8) is 0 Å². The van der Waals surface area contributed by atoms with Crippen molar-refractivity contribution < 1.29 is 28.5 Å². The quantitative estimate of drug-likeness (QED) is 0.410. The van der Waals surface area contributed by atoms with E-state index in [1.165, 1.54) is 16.7 Å². The van der Waals surface area contributed by atoms with E-state index >= 15 is 0 Å². The van der Waals surface area contributed by atoms with Crippen LogP contribution in [0.25, 0.3) is 0 Å². The van der Waals surface area contributed by atoms with Crippen LogP contribution in [-0.2, 0) is 20.8 Å². The van der Waals surface area contributed by atoms with Crippen LogP contribution in [0, 0.1) is 0 Å². The summed E-state index contributed by atoms with van der Waals surface area (Å²) in [6.45, 7) is 3.41. The van der Waals surface area contributed by atoms with Gasteiger partial charge in [-0.15, -0.1) is 11.8 Å². The molecule has 2 atom stereocenters. The molecule has 2 unspecified atom stereocenters. The summed E-state index contributed by atoms with van der Waals surface area (Å²) >= 11 is 1.53. The first-order valence-corrected chi connectivity index (χ1v) is 13.9. The zero-order valence-electron chi connectivity index (χ0n) is 23.0. The van der Waals surface area contributed by atoms with Crippen LogP contribution in [-0.4, -0.2) is 91.4 Å². The second-order valence-electron chi connectivity index (χ2n) is 9.95. The Morgan fingerprint density at radius 1 is 1.00 bits per heavy atom. The van der Waals surface area contributed by atoms with Crippen molar-refractivity contribution in [3.05, 3.63) is 59.5 Å². The van der Waals surface area contributed by atoms with Gasteiger partial charge in [0.25, 0.3) is 5.91 Å². The van der Waals surface area contributed by atoms with Gasteiger partial charge in [-0.3, -0.25) is 14.6 Å². The Kier molecular flexibility index (Phi) is 8.32. The molecule has 206 valence electrons. The standard InChI is InChI=1S/C28H37N3O6S/c1-27(37-5)15-21(13-24(16-27)36-4)18-30-25(32)28(31(19-38-6)26(30)33)7-9-29(10-8-28)17-20-11-22(34-2)14-23(12-20)35-3/h7,9,11-14,16H,8,10,15,17-19H2,1-6H3. The summed E-state index contributed by atoms with van der Waals surface area (Å²) < 4.78 is 22.0. The highest BCUT2D eigenvalue weighted by molar-refractivity contribution is 7.98. The largest absolute Gasteiger partial charge is 0.497 e. The molecule has 0 saturated carbocycles. The Bertz CT molecular complexity index is 1140. The first kappa shape index (κ1) is 27.9. The molecule has 0 radical (unpaired) electrons. The van der Waals surface area contributed by atoms with Crippen molar-refractivity contribution in [2.24, 2.45) is 0 Å². The molecule has 3 amide bonds. The fraction of sp³-hybridized carbons (Fsp3) is 0.500. The van der Waals surface area contributed by atoms with Crippen molar-refractivity contribution >= 4 is 23.7 Å². The smallest absolute Gasteiger partial charge is 0.328 e. The highest BCUT2D eigenvalue weighted by atomic mass is 32.2. The summed E-state index contributed by atoms with van der Waals surface area (Å²) in [5.74, 6) is 2.35. The average Bonchev–Trinajstić information content (AvgIpc) is 3.10. The van der Waals surface area contributed by atoms with Crippen molar-refractivity contribution in [2.45, 2.75) is 37.5 Å². The highest BCUT2D eigenvalue weighted by Gasteiger charge is 2.56. The third-order valence-electron chi connectivity index (χ3n) is 7.39. The number of carbonyl (C=O) groups excluding carboxylic acids is 2. The number of urea groups is 1. The zero-order chi connectivity index (χ0) is 27.5. The Balaban J connectivity index is 1.56. The summed E-state index contributed by atoms with van der Waals surface area (Å²) in [7, 11) is 6.50. The number of benzene rings is 1. The SMILES string of the molecule is COC1=CC(C)(OC)CC(CN2C(=O)N(CSC)C3(C=CN(Cc4cc(OC)cc(OC)c4)CC3)C2=O)=C1. The number of ether oxygens (including phenoxy) is 4. The average molecular weight is 544 g/mol. The van der Waals surface area contributed by atoms with E-state index in [-0.39, 0.29) is 18.5 Å². The minimum absolute atomic E-state index is 0.191. The van der Waals surface area contributed by atoms with Gasteiger partial charge in [-0.1, -0.05) is 0 Å². The first-order chi connectivity index (χ1) is 18.2. The minimum atomic E-state index is -0.998. The number of carbonyl (C=O) groups is 2. The lowest BCUT2D eigenvalue weighted by Gasteiger charge is -2.38. The van der Waals surface area contributed by atoms with E-state index in [2.05, 4.69) is 4.90 Å². The third-order valence-corrected chi connectivity index (χ3v) is 7.91. The summed E-state index contributed by atoms with van der Waals surface area (Å²) in [6.07, 6.45) is 10.6. The van der Waals surface area contributed by atoms with Gasteiger partial charge in [-0.2, -0.15) is 0 Å². The van der Waals surface area contributed by atoms with Gasteiger partial charge >= 0.3 is 6.03 Å². The van der Waals surface area contributed by atoms with E-state index in [9.17, 15) is 9.59 Å². The monoisotopic (exact) mass is 543 g/mol. The molecule has 1 saturated heterocycles. The van der Waals surface area contributed by atoms with E-state index in [0.717, 1.165) is 22.6 Å². The molecule has 1 fully saturated rings. The molecule has 1 spiro atoms. The molecule has 0 aromatic heterocycles. The van der Waals surface area contributed by atoms with E-state index < -0.39 is 11.1 Å².